The Morgan fingerprint density at radius 2 is 1.17 bits per heavy atom. The van der Waals surface area contributed by atoms with Gasteiger partial charge in [0.1, 0.15) is 0 Å². The van der Waals surface area contributed by atoms with Crippen molar-refractivity contribution in [1.29, 1.82) is 0 Å². The predicted molar refractivity (Wildman–Crippen MR) is 119 cm³/mol. The first kappa shape index (κ1) is 28.2. The minimum absolute atomic E-state index is 0.449. The summed E-state index contributed by atoms with van der Waals surface area (Å²) in [6, 6.07) is 0. The van der Waals surface area contributed by atoms with Crippen LogP contribution in [0, 0.1) is 0 Å². The molecular weight excluding hydrogens is 368 g/mol. The van der Waals surface area contributed by atoms with E-state index in [1.165, 1.54) is 83.5 Å². The van der Waals surface area contributed by atoms with Gasteiger partial charge in [-0.05, 0) is 26.7 Å². The summed E-state index contributed by atoms with van der Waals surface area (Å²) in [7, 11) is 0. The molecule has 5 heteroatoms. The molecule has 0 aliphatic heterocycles. The van der Waals surface area contributed by atoms with Gasteiger partial charge in [0.2, 0.25) is 6.29 Å². The predicted octanol–water partition coefficient (Wildman–Crippen LogP) is 8.41. The monoisotopic (exact) mass is 416 g/mol. The van der Waals surface area contributed by atoms with E-state index in [4.69, 9.17) is 19.6 Å². The summed E-state index contributed by atoms with van der Waals surface area (Å²) in [6.45, 7) is 8.06. The maximum absolute atomic E-state index is 10.8. The van der Waals surface area contributed by atoms with Gasteiger partial charge in [0.05, 0.1) is 5.60 Å². The zero-order valence-corrected chi connectivity index (χ0v) is 19.7. The molecule has 1 atom stereocenters. The standard InChI is InChI=1S/C24H48O5/c1-5-7-8-9-10-11-12-13-14-15-16-17-18-19-20-21-22(27-23(25)26)28-29-24(3,4)6-2/h22H,5-21H2,1-4H3,(H,25,26). The molecule has 1 N–H and O–H groups in total. The van der Waals surface area contributed by atoms with Crippen molar-refractivity contribution in [3.8, 4) is 0 Å². The molecule has 0 heterocycles. The van der Waals surface area contributed by atoms with Gasteiger partial charge in [-0.25, -0.2) is 9.68 Å². The van der Waals surface area contributed by atoms with Crippen LogP contribution in [0.25, 0.3) is 0 Å². The van der Waals surface area contributed by atoms with Crippen molar-refractivity contribution in [1.82, 2.24) is 0 Å². The highest BCUT2D eigenvalue weighted by molar-refractivity contribution is 5.56. The first-order valence-corrected chi connectivity index (χ1v) is 12.2. The van der Waals surface area contributed by atoms with Crippen molar-refractivity contribution in [2.75, 3.05) is 0 Å². The highest BCUT2D eigenvalue weighted by Gasteiger charge is 2.22. The molecule has 29 heavy (non-hydrogen) atoms. The molecule has 0 fully saturated rings. The van der Waals surface area contributed by atoms with Gasteiger partial charge < -0.3 is 9.84 Å². The Hall–Kier alpha value is -0.810. The van der Waals surface area contributed by atoms with Crippen LogP contribution in [0.3, 0.4) is 0 Å². The van der Waals surface area contributed by atoms with E-state index in [1.54, 1.807) is 0 Å². The van der Waals surface area contributed by atoms with Crippen LogP contribution >= 0.6 is 0 Å². The van der Waals surface area contributed by atoms with E-state index >= 15 is 0 Å². The first-order valence-electron chi connectivity index (χ1n) is 12.2. The number of ether oxygens (including phenoxy) is 1. The highest BCUT2D eigenvalue weighted by atomic mass is 17.2. The Balaban J connectivity index is 3.54. The number of hydrogen-bond acceptors (Lipinski definition) is 4. The third kappa shape index (κ3) is 20.2. The number of carboxylic acid groups (broad SMARTS) is 1. The quantitative estimate of drug-likeness (QED) is 0.0669. The second-order valence-electron chi connectivity index (χ2n) is 8.84. The largest absolute Gasteiger partial charge is 0.508 e. The first-order chi connectivity index (χ1) is 13.9. The van der Waals surface area contributed by atoms with Crippen molar-refractivity contribution in [3.05, 3.63) is 0 Å². The van der Waals surface area contributed by atoms with Gasteiger partial charge in [-0.2, -0.15) is 4.89 Å². The maximum Gasteiger partial charge on any atom is 0.508 e. The second kappa shape index (κ2) is 19.2. The lowest BCUT2D eigenvalue weighted by Gasteiger charge is -2.24. The molecule has 0 aromatic heterocycles. The summed E-state index contributed by atoms with van der Waals surface area (Å²) in [4.78, 5) is 21.4. The van der Waals surface area contributed by atoms with E-state index < -0.39 is 18.0 Å². The normalized spacial score (nSPS) is 12.8. The van der Waals surface area contributed by atoms with E-state index in [-0.39, 0.29) is 0 Å². The molecule has 0 radical (unpaired) electrons. The zero-order valence-electron chi connectivity index (χ0n) is 19.7. The number of hydrogen-bond donors (Lipinski definition) is 1. The van der Waals surface area contributed by atoms with E-state index in [0.717, 1.165) is 19.3 Å². The molecule has 1 unspecified atom stereocenters. The lowest BCUT2D eigenvalue weighted by Crippen LogP contribution is -2.29. The molecule has 174 valence electrons. The molecule has 0 saturated carbocycles. The minimum Gasteiger partial charge on any atom is -0.450 e. The molecule has 0 rings (SSSR count). The van der Waals surface area contributed by atoms with Gasteiger partial charge in [0.15, 0.2) is 0 Å². The van der Waals surface area contributed by atoms with Crippen LogP contribution in [-0.4, -0.2) is 23.2 Å². The SMILES string of the molecule is CCCCCCCCCCCCCCCCCC(OOC(C)(C)CC)OC(=O)O. The van der Waals surface area contributed by atoms with Crippen LogP contribution in [0.5, 0.6) is 0 Å². The van der Waals surface area contributed by atoms with Crippen LogP contribution in [0.4, 0.5) is 4.79 Å². The lowest BCUT2D eigenvalue weighted by atomic mass is 10.0. The van der Waals surface area contributed by atoms with Crippen LogP contribution in [0.15, 0.2) is 0 Å². The average molecular weight is 417 g/mol. The smallest absolute Gasteiger partial charge is 0.450 e. The third-order valence-electron chi connectivity index (χ3n) is 5.51. The van der Waals surface area contributed by atoms with Gasteiger partial charge in [0, 0.05) is 6.42 Å². The van der Waals surface area contributed by atoms with Crippen molar-refractivity contribution >= 4 is 6.16 Å². The molecule has 0 aliphatic rings. The molecule has 5 nitrogen and oxygen atoms in total. The molecule has 0 aromatic rings. The van der Waals surface area contributed by atoms with Crippen molar-refractivity contribution in [3.63, 3.8) is 0 Å². The molecule has 0 saturated heterocycles. The summed E-state index contributed by atoms with van der Waals surface area (Å²) in [5.74, 6) is 0. The van der Waals surface area contributed by atoms with E-state index in [2.05, 4.69) is 6.92 Å². The lowest BCUT2D eigenvalue weighted by molar-refractivity contribution is -0.413. The molecule has 0 spiro atoms. The van der Waals surface area contributed by atoms with Gasteiger partial charge in [-0.15, -0.1) is 0 Å². The highest BCUT2D eigenvalue weighted by Crippen LogP contribution is 2.19. The fraction of sp³-hybridized carbons (Fsp3) is 0.958. The van der Waals surface area contributed by atoms with Crippen LogP contribution < -0.4 is 0 Å². The molecular formula is C24H48O5. The third-order valence-corrected chi connectivity index (χ3v) is 5.51. The summed E-state index contributed by atoms with van der Waals surface area (Å²) >= 11 is 0. The van der Waals surface area contributed by atoms with E-state index in [9.17, 15) is 4.79 Å². The molecule has 0 amide bonds. The summed E-state index contributed by atoms with van der Waals surface area (Å²) in [6.07, 6.45) is 18.7. The Morgan fingerprint density at radius 3 is 1.55 bits per heavy atom. The maximum atomic E-state index is 10.8. The van der Waals surface area contributed by atoms with Crippen LogP contribution in [0.1, 0.15) is 137 Å². The Bertz CT molecular complexity index is 370. The van der Waals surface area contributed by atoms with Gasteiger partial charge in [0.25, 0.3) is 0 Å². The number of rotatable bonds is 21. The summed E-state index contributed by atoms with van der Waals surface area (Å²) < 4.78 is 4.78. The van der Waals surface area contributed by atoms with Gasteiger partial charge >= 0.3 is 6.16 Å². The Morgan fingerprint density at radius 1 is 0.759 bits per heavy atom. The minimum atomic E-state index is -1.33. The van der Waals surface area contributed by atoms with Crippen LogP contribution in [-0.2, 0) is 14.5 Å². The number of unbranched alkanes of at least 4 members (excludes halogenated alkanes) is 14. The molecule has 0 aliphatic carbocycles. The zero-order chi connectivity index (χ0) is 21.8. The van der Waals surface area contributed by atoms with Crippen molar-refractivity contribution in [2.45, 2.75) is 149 Å². The summed E-state index contributed by atoms with van der Waals surface area (Å²) in [5.41, 5.74) is -0.449. The van der Waals surface area contributed by atoms with Crippen LogP contribution in [0.2, 0.25) is 0 Å². The topological polar surface area (TPSA) is 65.0 Å². The Labute approximate surface area is 179 Å². The average Bonchev–Trinajstić information content (AvgIpc) is 2.68. The Kier molecular flexibility index (Phi) is 18.6. The fourth-order valence-electron chi connectivity index (χ4n) is 3.16. The van der Waals surface area contributed by atoms with Crippen molar-refractivity contribution in [2.24, 2.45) is 0 Å². The number of carbonyl (C=O) groups is 1. The van der Waals surface area contributed by atoms with E-state index in [0.29, 0.717) is 6.42 Å². The summed E-state index contributed by atoms with van der Waals surface area (Å²) in [5, 5.41) is 8.84. The van der Waals surface area contributed by atoms with Gasteiger partial charge in [-0.3, -0.25) is 0 Å². The van der Waals surface area contributed by atoms with Gasteiger partial charge in [-0.1, -0.05) is 104 Å². The van der Waals surface area contributed by atoms with E-state index in [1.807, 2.05) is 20.8 Å². The molecule has 0 bridgehead atoms. The molecule has 0 aromatic carbocycles. The fourth-order valence-corrected chi connectivity index (χ4v) is 3.16. The second-order valence-corrected chi connectivity index (χ2v) is 8.84. The van der Waals surface area contributed by atoms with Crippen molar-refractivity contribution < 1.29 is 24.4 Å².